The van der Waals surface area contributed by atoms with Crippen LogP contribution in [-0.4, -0.2) is 72.9 Å². The number of carboxylic acids is 1. The number of ether oxygens (including phenoxy) is 1. The molecule has 2 saturated heterocycles. The van der Waals surface area contributed by atoms with Crippen molar-refractivity contribution in [2.24, 2.45) is 5.92 Å². The molecule has 1 N–H and O–H groups in total. The quantitative estimate of drug-likeness (QED) is 0.794. The lowest BCUT2D eigenvalue weighted by Gasteiger charge is -2.37. The van der Waals surface area contributed by atoms with Crippen molar-refractivity contribution < 1.29 is 14.6 Å². The Morgan fingerprint density at radius 3 is 2.89 bits per heavy atom. The summed E-state index contributed by atoms with van der Waals surface area (Å²) < 4.78 is 5.78. The molecule has 2 heterocycles. The Kier molecular flexibility index (Phi) is 4.97. The molecule has 0 aromatic rings. The maximum atomic E-state index is 11.0. The highest BCUT2D eigenvalue weighted by molar-refractivity contribution is 5.70. The molecule has 0 amide bonds. The summed E-state index contributed by atoms with van der Waals surface area (Å²) in [6.07, 6.45) is 2.05. The molecule has 0 spiro atoms. The van der Waals surface area contributed by atoms with E-state index in [2.05, 4.69) is 16.7 Å². The second-order valence-electron chi connectivity index (χ2n) is 5.32. The molecule has 2 atom stereocenters. The van der Waals surface area contributed by atoms with Crippen LogP contribution in [0.5, 0.6) is 0 Å². The SMILES string of the molecule is CCN1CCOC(CN2CCCC(C(=O)O)C2)C1. The van der Waals surface area contributed by atoms with Gasteiger partial charge in [-0.1, -0.05) is 6.92 Å². The second-order valence-corrected chi connectivity index (χ2v) is 5.32. The van der Waals surface area contributed by atoms with Crippen LogP contribution in [0.15, 0.2) is 0 Å². The van der Waals surface area contributed by atoms with Gasteiger partial charge >= 0.3 is 5.97 Å². The molecule has 0 aliphatic carbocycles. The molecule has 0 saturated carbocycles. The first-order chi connectivity index (χ1) is 8.69. The average Bonchev–Trinajstić information content (AvgIpc) is 2.39. The van der Waals surface area contributed by atoms with Gasteiger partial charge in [0.1, 0.15) is 0 Å². The predicted octanol–water partition coefficient (Wildman–Crippen LogP) is 0.504. The standard InChI is InChI=1S/C13H24N2O3/c1-2-14-6-7-18-12(9-14)10-15-5-3-4-11(8-15)13(16)17/h11-12H,2-10H2,1H3,(H,16,17). The smallest absolute Gasteiger partial charge is 0.307 e. The summed E-state index contributed by atoms with van der Waals surface area (Å²) in [4.78, 5) is 15.7. The van der Waals surface area contributed by atoms with Gasteiger partial charge in [0, 0.05) is 26.2 Å². The highest BCUT2D eigenvalue weighted by Gasteiger charge is 2.28. The Morgan fingerprint density at radius 2 is 2.17 bits per heavy atom. The monoisotopic (exact) mass is 256 g/mol. The van der Waals surface area contributed by atoms with E-state index in [0.717, 1.165) is 52.2 Å². The van der Waals surface area contributed by atoms with Gasteiger partial charge < -0.3 is 9.84 Å². The molecule has 2 fully saturated rings. The molecule has 0 aromatic carbocycles. The number of aliphatic carboxylic acids is 1. The summed E-state index contributed by atoms with van der Waals surface area (Å²) in [5.41, 5.74) is 0. The maximum absolute atomic E-state index is 11.0. The minimum absolute atomic E-state index is 0.190. The van der Waals surface area contributed by atoms with Crippen LogP contribution in [0.2, 0.25) is 0 Å². The largest absolute Gasteiger partial charge is 0.481 e. The Morgan fingerprint density at radius 1 is 1.33 bits per heavy atom. The average molecular weight is 256 g/mol. The van der Waals surface area contributed by atoms with Gasteiger partial charge in [0.25, 0.3) is 0 Å². The fraction of sp³-hybridized carbons (Fsp3) is 0.923. The fourth-order valence-electron chi connectivity index (χ4n) is 2.89. The van der Waals surface area contributed by atoms with E-state index in [-0.39, 0.29) is 12.0 Å². The molecule has 2 unspecified atom stereocenters. The van der Waals surface area contributed by atoms with E-state index < -0.39 is 5.97 Å². The Bertz CT molecular complexity index is 285. The van der Waals surface area contributed by atoms with Gasteiger partial charge in [-0.05, 0) is 25.9 Å². The number of carbonyl (C=O) groups is 1. The van der Waals surface area contributed by atoms with Gasteiger partial charge in [0.2, 0.25) is 0 Å². The molecule has 2 aliphatic heterocycles. The van der Waals surface area contributed by atoms with E-state index in [0.29, 0.717) is 6.54 Å². The van der Waals surface area contributed by atoms with E-state index in [4.69, 9.17) is 9.84 Å². The first-order valence-corrected chi connectivity index (χ1v) is 6.98. The molecule has 0 bridgehead atoms. The van der Waals surface area contributed by atoms with Crippen molar-refractivity contribution in [2.45, 2.75) is 25.9 Å². The van der Waals surface area contributed by atoms with Gasteiger partial charge in [-0.3, -0.25) is 14.6 Å². The highest BCUT2D eigenvalue weighted by Crippen LogP contribution is 2.18. The zero-order chi connectivity index (χ0) is 13.0. The van der Waals surface area contributed by atoms with E-state index in [1.165, 1.54) is 0 Å². The number of nitrogens with zero attached hydrogens (tertiary/aromatic N) is 2. The zero-order valence-electron chi connectivity index (χ0n) is 11.2. The first kappa shape index (κ1) is 13.8. The van der Waals surface area contributed by atoms with Crippen LogP contribution in [0.4, 0.5) is 0 Å². The van der Waals surface area contributed by atoms with E-state index in [1.807, 2.05) is 0 Å². The molecular formula is C13H24N2O3. The van der Waals surface area contributed by atoms with Crippen molar-refractivity contribution in [3.8, 4) is 0 Å². The number of carboxylic acid groups (broad SMARTS) is 1. The third-order valence-corrected chi connectivity index (χ3v) is 3.99. The van der Waals surface area contributed by atoms with Crippen LogP contribution in [0, 0.1) is 5.92 Å². The number of hydrogen-bond acceptors (Lipinski definition) is 4. The lowest BCUT2D eigenvalue weighted by molar-refractivity contribution is -0.144. The molecule has 0 radical (unpaired) electrons. The van der Waals surface area contributed by atoms with Crippen molar-refractivity contribution in [1.82, 2.24) is 9.80 Å². The maximum Gasteiger partial charge on any atom is 0.307 e. The highest BCUT2D eigenvalue weighted by atomic mass is 16.5. The van der Waals surface area contributed by atoms with Crippen LogP contribution >= 0.6 is 0 Å². The van der Waals surface area contributed by atoms with E-state index in [1.54, 1.807) is 0 Å². The zero-order valence-corrected chi connectivity index (χ0v) is 11.2. The predicted molar refractivity (Wildman–Crippen MR) is 68.7 cm³/mol. The molecule has 104 valence electrons. The van der Waals surface area contributed by atoms with Crippen molar-refractivity contribution in [2.75, 3.05) is 45.9 Å². The van der Waals surface area contributed by atoms with Crippen molar-refractivity contribution in [3.05, 3.63) is 0 Å². The third kappa shape index (κ3) is 3.67. The van der Waals surface area contributed by atoms with Crippen LogP contribution in [-0.2, 0) is 9.53 Å². The van der Waals surface area contributed by atoms with Gasteiger partial charge in [-0.15, -0.1) is 0 Å². The van der Waals surface area contributed by atoms with E-state index >= 15 is 0 Å². The number of likely N-dealkylation sites (tertiary alicyclic amines) is 1. The molecular weight excluding hydrogens is 232 g/mol. The van der Waals surface area contributed by atoms with Crippen LogP contribution in [0.25, 0.3) is 0 Å². The molecule has 18 heavy (non-hydrogen) atoms. The Balaban J connectivity index is 1.79. The van der Waals surface area contributed by atoms with Gasteiger partial charge in [0.15, 0.2) is 0 Å². The van der Waals surface area contributed by atoms with Gasteiger partial charge in [-0.2, -0.15) is 0 Å². The fourth-order valence-corrected chi connectivity index (χ4v) is 2.89. The number of likely N-dealkylation sites (N-methyl/N-ethyl adjacent to an activating group) is 1. The topological polar surface area (TPSA) is 53.0 Å². The van der Waals surface area contributed by atoms with Gasteiger partial charge in [0.05, 0.1) is 18.6 Å². The number of hydrogen-bond donors (Lipinski definition) is 1. The van der Waals surface area contributed by atoms with Gasteiger partial charge in [-0.25, -0.2) is 0 Å². The molecule has 5 nitrogen and oxygen atoms in total. The molecule has 2 rings (SSSR count). The summed E-state index contributed by atoms with van der Waals surface area (Å²) >= 11 is 0. The minimum Gasteiger partial charge on any atom is -0.481 e. The van der Waals surface area contributed by atoms with Crippen LogP contribution < -0.4 is 0 Å². The minimum atomic E-state index is -0.653. The molecule has 2 aliphatic rings. The first-order valence-electron chi connectivity index (χ1n) is 6.98. The van der Waals surface area contributed by atoms with E-state index in [9.17, 15) is 4.79 Å². The second kappa shape index (κ2) is 6.50. The summed E-state index contributed by atoms with van der Waals surface area (Å²) in [6.45, 7) is 8.60. The summed E-state index contributed by atoms with van der Waals surface area (Å²) in [5.74, 6) is -0.843. The number of piperidine rings is 1. The Hall–Kier alpha value is -0.650. The molecule has 0 aromatic heterocycles. The van der Waals surface area contributed by atoms with Crippen LogP contribution in [0.3, 0.4) is 0 Å². The third-order valence-electron chi connectivity index (χ3n) is 3.99. The Labute approximate surface area is 109 Å². The van der Waals surface area contributed by atoms with Crippen LogP contribution in [0.1, 0.15) is 19.8 Å². The lowest BCUT2D eigenvalue weighted by atomic mass is 9.98. The summed E-state index contributed by atoms with van der Waals surface area (Å²) in [7, 11) is 0. The number of rotatable bonds is 4. The number of morpholine rings is 1. The van der Waals surface area contributed by atoms with Crippen molar-refractivity contribution in [3.63, 3.8) is 0 Å². The lowest BCUT2D eigenvalue weighted by Crippen LogP contribution is -2.49. The molecule has 5 heteroatoms. The normalized spacial score (nSPS) is 31.4. The summed E-state index contributed by atoms with van der Waals surface area (Å²) in [6, 6.07) is 0. The van der Waals surface area contributed by atoms with Crippen molar-refractivity contribution in [1.29, 1.82) is 0 Å². The summed E-state index contributed by atoms with van der Waals surface area (Å²) in [5, 5.41) is 9.08. The van der Waals surface area contributed by atoms with Crippen molar-refractivity contribution >= 4 is 5.97 Å².